The fourth-order valence-corrected chi connectivity index (χ4v) is 6.64. The lowest BCUT2D eigenvalue weighted by atomic mass is 10.1. The molecule has 0 saturated carbocycles. The average molecular weight is 627 g/mol. The molecule has 4 heterocycles. The zero-order chi connectivity index (χ0) is 31.0. The van der Waals surface area contributed by atoms with Crippen LogP contribution in [0.15, 0.2) is 58.1 Å². The highest BCUT2D eigenvalue weighted by Crippen LogP contribution is 2.31. The summed E-state index contributed by atoms with van der Waals surface area (Å²) in [5.41, 5.74) is 2.19. The molecule has 4 aromatic rings. The van der Waals surface area contributed by atoms with Gasteiger partial charge in [0.05, 0.1) is 22.3 Å². The summed E-state index contributed by atoms with van der Waals surface area (Å²) in [6.45, 7) is 3.07. The molecule has 0 unspecified atom stereocenters. The monoisotopic (exact) mass is 626 g/mol. The number of hydrogen-bond donors (Lipinski definition) is 3. The molecular formula is C28H28F2N8O5S. The number of piperazine rings is 1. The first-order valence-electron chi connectivity index (χ1n) is 13.7. The van der Waals surface area contributed by atoms with Crippen LogP contribution >= 0.6 is 0 Å². The molecule has 0 aliphatic carbocycles. The van der Waals surface area contributed by atoms with Crippen molar-refractivity contribution >= 4 is 39.0 Å². The number of nitrogens with zero attached hydrogens (tertiary/aromatic N) is 5. The number of rotatable bonds is 7. The highest BCUT2D eigenvalue weighted by molar-refractivity contribution is 7.89. The highest BCUT2D eigenvalue weighted by Gasteiger charge is 2.32. The summed E-state index contributed by atoms with van der Waals surface area (Å²) in [5, 5.41) is 16.0. The Kier molecular flexibility index (Phi) is 7.87. The molecule has 1 saturated heterocycles. The van der Waals surface area contributed by atoms with Crippen LogP contribution < -0.4 is 15.5 Å². The molecule has 44 heavy (non-hydrogen) atoms. The predicted molar refractivity (Wildman–Crippen MR) is 155 cm³/mol. The molecule has 0 atom stereocenters. The van der Waals surface area contributed by atoms with E-state index in [-0.39, 0.29) is 42.3 Å². The lowest BCUT2D eigenvalue weighted by molar-refractivity contribution is 0.0988. The first-order chi connectivity index (χ1) is 21.1. The van der Waals surface area contributed by atoms with Crippen LogP contribution in [0.4, 0.5) is 26.0 Å². The number of carbonyl (C=O) groups is 2. The molecular weight excluding hydrogens is 598 g/mol. The molecule has 0 radical (unpaired) electrons. The van der Waals surface area contributed by atoms with Gasteiger partial charge in [0, 0.05) is 74.8 Å². The third kappa shape index (κ3) is 5.91. The molecule has 3 N–H and O–H groups in total. The lowest BCUT2D eigenvalue weighted by Crippen LogP contribution is -2.44. The van der Waals surface area contributed by atoms with Crippen LogP contribution in [0.2, 0.25) is 0 Å². The summed E-state index contributed by atoms with van der Waals surface area (Å²) in [6, 6.07) is 8.59. The van der Waals surface area contributed by atoms with Gasteiger partial charge in [-0.1, -0.05) is 5.16 Å². The van der Waals surface area contributed by atoms with Crippen LogP contribution in [0.1, 0.15) is 32.2 Å². The number of benzene rings is 2. The van der Waals surface area contributed by atoms with Gasteiger partial charge in [0.25, 0.3) is 11.8 Å². The van der Waals surface area contributed by atoms with Gasteiger partial charge in [-0.2, -0.15) is 9.40 Å². The van der Waals surface area contributed by atoms with Gasteiger partial charge < -0.3 is 25.0 Å². The van der Waals surface area contributed by atoms with Crippen LogP contribution in [-0.2, 0) is 23.0 Å². The lowest BCUT2D eigenvalue weighted by Gasteiger charge is -2.34. The van der Waals surface area contributed by atoms with E-state index in [1.807, 2.05) is 7.05 Å². The van der Waals surface area contributed by atoms with E-state index in [1.165, 1.54) is 12.3 Å². The summed E-state index contributed by atoms with van der Waals surface area (Å²) >= 11 is 0. The Morgan fingerprint density at radius 2 is 1.70 bits per heavy atom. The Morgan fingerprint density at radius 3 is 2.41 bits per heavy atom. The second-order valence-corrected chi connectivity index (χ2v) is 12.5. The summed E-state index contributed by atoms with van der Waals surface area (Å²) < 4.78 is 60.1. The summed E-state index contributed by atoms with van der Waals surface area (Å²) in [7, 11) is -2.22. The van der Waals surface area contributed by atoms with Crippen molar-refractivity contribution in [2.45, 2.75) is 17.9 Å². The summed E-state index contributed by atoms with van der Waals surface area (Å²) in [4.78, 5) is 30.3. The fraction of sp³-hybridized carbons (Fsp3) is 0.286. The number of aromatic amines is 1. The number of aromatic nitrogens is 3. The molecule has 0 bridgehead atoms. The normalized spacial score (nSPS) is 16.0. The minimum atomic E-state index is -4.26. The molecule has 1 fully saturated rings. The molecule has 2 aliphatic heterocycles. The van der Waals surface area contributed by atoms with Crippen LogP contribution in [0.25, 0.3) is 0 Å². The first kappa shape index (κ1) is 29.4. The van der Waals surface area contributed by atoms with Crippen molar-refractivity contribution in [3.63, 3.8) is 0 Å². The molecule has 2 aromatic carbocycles. The largest absolute Gasteiger partial charge is 0.369 e. The molecule has 13 nitrogen and oxygen atoms in total. The minimum absolute atomic E-state index is 0.0363. The molecule has 230 valence electrons. The molecule has 2 amide bonds. The first-order valence-corrected chi connectivity index (χ1v) is 15.2. The second kappa shape index (κ2) is 11.8. The van der Waals surface area contributed by atoms with E-state index in [0.29, 0.717) is 17.3 Å². The predicted octanol–water partition coefficient (Wildman–Crippen LogP) is 2.68. The number of amides is 2. The quantitative estimate of drug-likeness (QED) is 0.281. The maximum atomic E-state index is 13.8. The van der Waals surface area contributed by atoms with Crippen molar-refractivity contribution in [2.75, 3.05) is 55.3 Å². The number of hydrogen-bond acceptors (Lipinski definition) is 9. The third-order valence-electron chi connectivity index (χ3n) is 7.63. The Hall–Kier alpha value is -4.67. The number of nitrogens with one attached hydrogen (secondary N) is 3. The van der Waals surface area contributed by atoms with E-state index in [1.54, 1.807) is 18.2 Å². The Morgan fingerprint density at radius 1 is 0.955 bits per heavy atom. The number of likely N-dealkylation sites (N-methyl/N-ethyl adjacent to an activating group) is 1. The fourth-order valence-electron chi connectivity index (χ4n) is 5.19. The van der Waals surface area contributed by atoms with Crippen molar-refractivity contribution < 1.29 is 31.3 Å². The van der Waals surface area contributed by atoms with E-state index < -0.39 is 38.4 Å². The zero-order valence-electron chi connectivity index (χ0n) is 23.5. The SMILES string of the molecule is CN1CCN(c2ccc(C(=O)Nc3n[nH]c4c3CN(S(=O)(=O)c3cc(F)cc(F)c3)CC4)c(NC(=O)c3ccno3)c2)CC1. The summed E-state index contributed by atoms with van der Waals surface area (Å²) in [5.74, 6) is -3.18. The van der Waals surface area contributed by atoms with Crippen LogP contribution in [-0.4, -0.2) is 84.6 Å². The van der Waals surface area contributed by atoms with Gasteiger partial charge in [-0.3, -0.25) is 14.7 Å². The Balaban J connectivity index is 1.26. The molecule has 0 spiro atoms. The van der Waals surface area contributed by atoms with Crippen LogP contribution in [0.5, 0.6) is 0 Å². The van der Waals surface area contributed by atoms with Gasteiger partial charge in [-0.05, 0) is 37.4 Å². The van der Waals surface area contributed by atoms with E-state index in [2.05, 4.69) is 35.8 Å². The zero-order valence-corrected chi connectivity index (χ0v) is 24.3. The van der Waals surface area contributed by atoms with Crippen molar-refractivity contribution in [2.24, 2.45) is 0 Å². The molecule has 2 aromatic heterocycles. The maximum absolute atomic E-state index is 13.8. The van der Waals surface area contributed by atoms with Crippen molar-refractivity contribution in [1.29, 1.82) is 0 Å². The number of carbonyl (C=O) groups excluding carboxylic acids is 2. The van der Waals surface area contributed by atoms with E-state index in [0.717, 1.165) is 48.3 Å². The van der Waals surface area contributed by atoms with Gasteiger partial charge in [0.2, 0.25) is 15.8 Å². The third-order valence-corrected chi connectivity index (χ3v) is 9.45. The smallest absolute Gasteiger partial charge is 0.294 e. The van der Waals surface area contributed by atoms with E-state index in [4.69, 9.17) is 4.52 Å². The molecule has 6 rings (SSSR count). The number of H-pyrrole nitrogens is 1. The molecule has 2 aliphatic rings. The van der Waals surface area contributed by atoms with Crippen LogP contribution in [0, 0.1) is 11.6 Å². The number of fused-ring (bicyclic) bond motifs is 1. The van der Waals surface area contributed by atoms with Gasteiger partial charge >= 0.3 is 0 Å². The van der Waals surface area contributed by atoms with Crippen molar-refractivity contribution in [3.05, 3.63) is 82.9 Å². The van der Waals surface area contributed by atoms with Gasteiger partial charge in [0.1, 0.15) is 11.6 Å². The number of halogens is 2. The van der Waals surface area contributed by atoms with Crippen molar-refractivity contribution in [3.8, 4) is 0 Å². The average Bonchev–Trinajstić information content (AvgIpc) is 3.68. The van der Waals surface area contributed by atoms with Gasteiger partial charge in [-0.15, -0.1) is 0 Å². The Bertz CT molecular complexity index is 1800. The standard InChI is InChI=1S/C28H28F2N8O5S/c1-36-8-10-37(11-9-36)19-2-3-21(24(15-19)32-28(40)25-4-6-31-43-25)27(39)33-26-22-16-38(7-5-23(22)34-35-26)44(41,42)20-13-17(29)12-18(30)14-20/h2-4,6,12-15H,5,7-11,16H2,1H3,(H,32,40)(H2,33,34,35,39). The van der Waals surface area contributed by atoms with Crippen molar-refractivity contribution in [1.82, 2.24) is 24.6 Å². The molecule has 16 heteroatoms. The maximum Gasteiger partial charge on any atom is 0.294 e. The highest BCUT2D eigenvalue weighted by atomic mass is 32.2. The van der Waals surface area contributed by atoms with Gasteiger partial charge in [0.15, 0.2) is 5.82 Å². The topological polar surface area (TPSA) is 157 Å². The van der Waals surface area contributed by atoms with E-state index in [9.17, 15) is 26.8 Å². The minimum Gasteiger partial charge on any atom is -0.369 e. The van der Waals surface area contributed by atoms with Crippen LogP contribution in [0.3, 0.4) is 0 Å². The number of anilines is 3. The van der Waals surface area contributed by atoms with E-state index >= 15 is 0 Å². The van der Waals surface area contributed by atoms with Gasteiger partial charge in [-0.25, -0.2) is 17.2 Å². The second-order valence-electron chi connectivity index (χ2n) is 10.5. The summed E-state index contributed by atoms with van der Waals surface area (Å²) in [6.07, 6.45) is 1.56. The Labute approximate surface area is 250 Å². The number of sulfonamides is 1.